The lowest BCUT2D eigenvalue weighted by molar-refractivity contribution is -0.117. The Hall–Kier alpha value is -1.10. The highest BCUT2D eigenvalue weighted by Crippen LogP contribution is 2.15. The number of rotatable bonds is 7. The van der Waals surface area contributed by atoms with Gasteiger partial charge < -0.3 is 15.4 Å². The van der Waals surface area contributed by atoms with Crippen molar-refractivity contribution in [1.82, 2.24) is 5.32 Å². The lowest BCUT2D eigenvalue weighted by atomic mass is 10.1. The number of hydrogen-bond donors (Lipinski definition) is 2. The first-order valence-electron chi connectivity index (χ1n) is 6.30. The fourth-order valence-corrected chi connectivity index (χ4v) is 1.66. The molecule has 1 amide bonds. The third kappa shape index (κ3) is 6.05. The van der Waals surface area contributed by atoms with Crippen molar-refractivity contribution in [1.29, 1.82) is 0 Å². The van der Waals surface area contributed by atoms with Gasteiger partial charge >= 0.3 is 0 Å². The van der Waals surface area contributed by atoms with Crippen molar-refractivity contribution in [3.8, 4) is 0 Å². The van der Waals surface area contributed by atoms with Crippen LogP contribution in [-0.2, 0) is 16.0 Å². The molecule has 0 spiro atoms. The number of hydrogen-bond acceptors (Lipinski definition) is 3. The number of ether oxygens (including phenoxy) is 1. The summed E-state index contributed by atoms with van der Waals surface area (Å²) in [6, 6.07) is 7.63. The van der Waals surface area contributed by atoms with E-state index in [4.69, 9.17) is 4.74 Å². The van der Waals surface area contributed by atoms with Crippen LogP contribution in [0.3, 0.4) is 0 Å². The molecule has 5 heteroatoms. The highest BCUT2D eigenvalue weighted by Gasteiger charge is 2.12. The number of benzene rings is 1. The Bertz CT molecular complexity index is 385. The third-order valence-electron chi connectivity index (χ3n) is 2.81. The summed E-state index contributed by atoms with van der Waals surface area (Å²) in [6.45, 7) is 5.19. The number of carbonyl (C=O) groups is 1. The highest BCUT2D eigenvalue weighted by molar-refractivity contribution is 5.95. The summed E-state index contributed by atoms with van der Waals surface area (Å²) >= 11 is 0. The molecule has 108 valence electrons. The molecule has 1 aromatic carbocycles. The predicted octanol–water partition coefficient (Wildman–Crippen LogP) is 2.23. The zero-order valence-corrected chi connectivity index (χ0v) is 12.5. The second-order valence-corrected chi connectivity index (χ2v) is 4.17. The van der Waals surface area contributed by atoms with Crippen molar-refractivity contribution >= 4 is 24.0 Å². The van der Waals surface area contributed by atoms with E-state index < -0.39 is 0 Å². The maximum atomic E-state index is 12.0. The number of aryl methyl sites for hydroxylation is 1. The molecule has 0 saturated carbocycles. The smallest absolute Gasteiger partial charge is 0.241 e. The van der Waals surface area contributed by atoms with Crippen molar-refractivity contribution in [3.63, 3.8) is 0 Å². The quantitative estimate of drug-likeness (QED) is 0.756. The molecule has 1 atom stereocenters. The minimum Gasteiger partial charge on any atom is -0.383 e. The first-order chi connectivity index (χ1) is 8.69. The Morgan fingerprint density at radius 2 is 2.05 bits per heavy atom. The fourth-order valence-electron chi connectivity index (χ4n) is 1.66. The monoisotopic (exact) mass is 286 g/mol. The van der Waals surface area contributed by atoms with E-state index in [0.717, 1.165) is 17.7 Å². The van der Waals surface area contributed by atoms with Crippen LogP contribution in [0.1, 0.15) is 19.4 Å². The highest BCUT2D eigenvalue weighted by atomic mass is 35.5. The zero-order valence-electron chi connectivity index (χ0n) is 11.7. The summed E-state index contributed by atoms with van der Waals surface area (Å²) < 4.78 is 4.93. The topological polar surface area (TPSA) is 50.4 Å². The largest absolute Gasteiger partial charge is 0.383 e. The molecule has 0 aliphatic heterocycles. The molecule has 1 unspecified atom stereocenters. The van der Waals surface area contributed by atoms with Gasteiger partial charge in [0.2, 0.25) is 5.91 Å². The van der Waals surface area contributed by atoms with Crippen LogP contribution >= 0.6 is 12.4 Å². The van der Waals surface area contributed by atoms with Gasteiger partial charge in [-0.3, -0.25) is 4.79 Å². The normalized spacial score (nSPS) is 11.5. The Balaban J connectivity index is 0.00000324. The molecule has 0 saturated heterocycles. The van der Waals surface area contributed by atoms with Crippen LogP contribution in [0.5, 0.6) is 0 Å². The van der Waals surface area contributed by atoms with Crippen LogP contribution in [0.2, 0.25) is 0 Å². The van der Waals surface area contributed by atoms with Gasteiger partial charge in [0, 0.05) is 19.3 Å². The van der Waals surface area contributed by atoms with Gasteiger partial charge in [-0.2, -0.15) is 0 Å². The molecule has 0 heterocycles. The lowest BCUT2D eigenvalue weighted by Crippen LogP contribution is -2.39. The van der Waals surface area contributed by atoms with E-state index in [1.165, 1.54) is 0 Å². The molecule has 0 radical (unpaired) electrons. The van der Waals surface area contributed by atoms with Crippen LogP contribution in [0.15, 0.2) is 24.3 Å². The van der Waals surface area contributed by atoms with Crippen molar-refractivity contribution < 1.29 is 9.53 Å². The van der Waals surface area contributed by atoms with Gasteiger partial charge in [-0.25, -0.2) is 0 Å². The van der Waals surface area contributed by atoms with Crippen molar-refractivity contribution in [2.45, 2.75) is 26.3 Å². The summed E-state index contributed by atoms with van der Waals surface area (Å²) in [6.07, 6.45) is 0.905. The summed E-state index contributed by atoms with van der Waals surface area (Å²) in [4.78, 5) is 12.0. The molecule has 0 fully saturated rings. The van der Waals surface area contributed by atoms with Gasteiger partial charge in [-0.05, 0) is 25.0 Å². The average molecular weight is 287 g/mol. The number of amides is 1. The summed E-state index contributed by atoms with van der Waals surface area (Å²) in [5.41, 5.74) is 2.04. The number of para-hydroxylation sites is 1. The second-order valence-electron chi connectivity index (χ2n) is 4.17. The van der Waals surface area contributed by atoms with E-state index in [2.05, 4.69) is 17.6 Å². The molecule has 0 aliphatic rings. The summed E-state index contributed by atoms with van der Waals surface area (Å²) in [5, 5.41) is 6.05. The maximum Gasteiger partial charge on any atom is 0.241 e. The van der Waals surface area contributed by atoms with Gasteiger partial charge in [0.05, 0.1) is 12.6 Å². The Morgan fingerprint density at radius 3 is 2.68 bits per heavy atom. The molecule has 0 aliphatic carbocycles. The Labute approximate surface area is 121 Å². The molecular weight excluding hydrogens is 264 g/mol. The number of anilines is 1. The molecular formula is C14H23ClN2O2. The third-order valence-corrected chi connectivity index (χ3v) is 2.81. The van der Waals surface area contributed by atoms with Gasteiger partial charge in [-0.15, -0.1) is 12.4 Å². The predicted molar refractivity (Wildman–Crippen MR) is 81.0 cm³/mol. The minimum atomic E-state index is -0.231. The second kappa shape index (κ2) is 9.78. The standard InChI is InChI=1S/C14H22N2O2.ClH/c1-4-12-7-5-6-8-13(12)16-14(17)11(2)15-9-10-18-3;/h5-8,11,15H,4,9-10H2,1-3H3,(H,16,17);1H. The molecule has 2 N–H and O–H groups in total. The lowest BCUT2D eigenvalue weighted by Gasteiger charge is -2.15. The van der Waals surface area contributed by atoms with Crippen molar-refractivity contribution in [3.05, 3.63) is 29.8 Å². The van der Waals surface area contributed by atoms with Crippen molar-refractivity contribution in [2.75, 3.05) is 25.6 Å². The molecule has 4 nitrogen and oxygen atoms in total. The number of halogens is 1. The first kappa shape index (κ1) is 17.9. The number of nitrogens with one attached hydrogen (secondary N) is 2. The Morgan fingerprint density at radius 1 is 1.37 bits per heavy atom. The van der Waals surface area contributed by atoms with Crippen LogP contribution in [0.25, 0.3) is 0 Å². The Kier molecular flexibility index (Phi) is 9.21. The summed E-state index contributed by atoms with van der Waals surface area (Å²) in [5.74, 6) is -0.0213. The number of methoxy groups -OCH3 is 1. The van der Waals surface area contributed by atoms with Gasteiger partial charge in [0.1, 0.15) is 0 Å². The van der Waals surface area contributed by atoms with Gasteiger partial charge in [-0.1, -0.05) is 25.1 Å². The molecule has 0 aromatic heterocycles. The molecule has 19 heavy (non-hydrogen) atoms. The number of carbonyl (C=O) groups excluding carboxylic acids is 1. The van der Waals surface area contributed by atoms with Crippen molar-refractivity contribution in [2.24, 2.45) is 0 Å². The first-order valence-corrected chi connectivity index (χ1v) is 6.30. The van der Waals surface area contributed by atoms with Gasteiger partial charge in [0.15, 0.2) is 0 Å². The molecule has 1 aromatic rings. The zero-order chi connectivity index (χ0) is 13.4. The fraction of sp³-hybridized carbons (Fsp3) is 0.500. The average Bonchev–Trinajstić information content (AvgIpc) is 2.39. The van der Waals surface area contributed by atoms with E-state index in [-0.39, 0.29) is 24.4 Å². The minimum absolute atomic E-state index is 0. The van der Waals surface area contributed by atoms with Crippen LogP contribution in [-0.4, -0.2) is 32.2 Å². The van der Waals surface area contributed by atoms with E-state index >= 15 is 0 Å². The maximum absolute atomic E-state index is 12.0. The van der Waals surface area contributed by atoms with Crippen LogP contribution in [0, 0.1) is 0 Å². The van der Waals surface area contributed by atoms with E-state index in [0.29, 0.717) is 13.2 Å². The van der Waals surface area contributed by atoms with Gasteiger partial charge in [0.25, 0.3) is 0 Å². The summed E-state index contributed by atoms with van der Waals surface area (Å²) in [7, 11) is 1.64. The SMILES string of the molecule is CCc1ccccc1NC(=O)C(C)NCCOC.Cl. The van der Waals surface area contributed by atoms with E-state index in [1.54, 1.807) is 7.11 Å². The van der Waals surface area contributed by atoms with Crippen LogP contribution in [0.4, 0.5) is 5.69 Å². The van der Waals surface area contributed by atoms with E-state index in [9.17, 15) is 4.79 Å². The molecule has 0 bridgehead atoms. The molecule has 1 rings (SSSR count). The van der Waals surface area contributed by atoms with Crippen LogP contribution < -0.4 is 10.6 Å². The van der Waals surface area contributed by atoms with E-state index in [1.807, 2.05) is 31.2 Å².